The Morgan fingerprint density at radius 1 is 1.09 bits per heavy atom. The van der Waals surface area contributed by atoms with Gasteiger partial charge in [-0.1, -0.05) is 31.0 Å². The lowest BCUT2D eigenvalue weighted by atomic mass is 9.88. The molecule has 4 heteroatoms. The molecule has 1 aliphatic heterocycles. The van der Waals surface area contributed by atoms with E-state index in [2.05, 4.69) is 23.1 Å². The summed E-state index contributed by atoms with van der Waals surface area (Å²) in [5.41, 5.74) is 1.38. The third-order valence-electron chi connectivity index (χ3n) is 4.55. The molecule has 0 saturated carbocycles. The summed E-state index contributed by atoms with van der Waals surface area (Å²) in [5, 5.41) is 8.77. The Bertz CT molecular complexity index is 406. The van der Waals surface area contributed by atoms with Gasteiger partial charge in [0, 0.05) is 6.61 Å². The summed E-state index contributed by atoms with van der Waals surface area (Å²) in [4.78, 5) is 2.59. The van der Waals surface area contributed by atoms with Crippen LogP contribution in [0.4, 0.5) is 0 Å². The van der Waals surface area contributed by atoms with Gasteiger partial charge in [-0.15, -0.1) is 12.4 Å². The van der Waals surface area contributed by atoms with Gasteiger partial charge in [-0.3, -0.25) is 0 Å². The maximum atomic E-state index is 8.77. The van der Waals surface area contributed by atoms with E-state index >= 15 is 0 Å². The van der Waals surface area contributed by atoms with Crippen molar-refractivity contribution >= 4 is 12.4 Å². The maximum Gasteiger partial charge on any atom is 0.122 e. The van der Waals surface area contributed by atoms with Crippen molar-refractivity contribution in [2.24, 2.45) is 0 Å². The monoisotopic (exact) mass is 327 g/mol. The number of halogens is 1. The second kappa shape index (κ2) is 10.9. The van der Waals surface area contributed by atoms with Gasteiger partial charge in [0.25, 0.3) is 0 Å². The highest BCUT2D eigenvalue weighted by Crippen LogP contribution is 2.33. The van der Waals surface area contributed by atoms with Crippen molar-refractivity contribution in [3.05, 3.63) is 29.8 Å². The molecule has 2 rings (SSSR count). The molecule has 1 heterocycles. The van der Waals surface area contributed by atoms with Crippen LogP contribution in [0.5, 0.6) is 5.75 Å². The van der Waals surface area contributed by atoms with E-state index in [9.17, 15) is 0 Å². The number of likely N-dealkylation sites (tertiary alicyclic amines) is 1. The summed E-state index contributed by atoms with van der Waals surface area (Å²) in [6.07, 6.45) is 7.09. The highest BCUT2D eigenvalue weighted by atomic mass is 35.5. The highest BCUT2D eigenvalue weighted by Gasteiger charge is 2.22. The summed E-state index contributed by atoms with van der Waals surface area (Å²) in [5.74, 6) is 1.69. The fourth-order valence-corrected chi connectivity index (χ4v) is 3.27. The first kappa shape index (κ1) is 19.3. The van der Waals surface area contributed by atoms with Gasteiger partial charge in [0.15, 0.2) is 0 Å². The van der Waals surface area contributed by atoms with Crippen molar-refractivity contribution in [2.45, 2.75) is 44.4 Å². The fourth-order valence-electron chi connectivity index (χ4n) is 3.27. The van der Waals surface area contributed by atoms with Crippen molar-refractivity contribution in [3.63, 3.8) is 0 Å². The predicted molar refractivity (Wildman–Crippen MR) is 94.2 cm³/mol. The molecular formula is C18H30ClNO2. The molecule has 0 bridgehead atoms. The molecule has 126 valence electrons. The van der Waals surface area contributed by atoms with Gasteiger partial charge in [0.05, 0.1) is 7.11 Å². The molecule has 1 aliphatic rings. The van der Waals surface area contributed by atoms with Crippen molar-refractivity contribution in [2.75, 3.05) is 33.4 Å². The minimum Gasteiger partial charge on any atom is -0.496 e. The number of aliphatic hydroxyl groups excluding tert-OH is 1. The zero-order valence-corrected chi connectivity index (χ0v) is 14.5. The molecule has 0 spiro atoms. The third-order valence-corrected chi connectivity index (χ3v) is 4.55. The van der Waals surface area contributed by atoms with E-state index in [-0.39, 0.29) is 12.4 Å². The predicted octanol–water partition coefficient (Wildman–Crippen LogP) is 3.85. The van der Waals surface area contributed by atoms with E-state index in [4.69, 9.17) is 9.84 Å². The number of unbranched alkanes of at least 4 members (excludes halogenated alkanes) is 3. The molecule has 1 aromatic carbocycles. The van der Waals surface area contributed by atoms with E-state index in [0.717, 1.165) is 18.6 Å². The summed E-state index contributed by atoms with van der Waals surface area (Å²) in [6.45, 7) is 3.94. The lowest BCUT2D eigenvalue weighted by molar-refractivity contribution is 0.205. The summed E-state index contributed by atoms with van der Waals surface area (Å²) in [7, 11) is 1.76. The lowest BCUT2D eigenvalue weighted by Gasteiger charge is -2.32. The van der Waals surface area contributed by atoms with Crippen LogP contribution in [0, 0.1) is 0 Å². The Morgan fingerprint density at radius 3 is 2.45 bits per heavy atom. The topological polar surface area (TPSA) is 32.7 Å². The van der Waals surface area contributed by atoms with E-state index in [1.54, 1.807) is 7.11 Å². The average molecular weight is 328 g/mol. The molecule has 1 fully saturated rings. The number of aliphatic hydroxyl groups is 1. The fraction of sp³-hybridized carbons (Fsp3) is 0.667. The molecule has 0 amide bonds. The van der Waals surface area contributed by atoms with Gasteiger partial charge in [-0.2, -0.15) is 0 Å². The minimum absolute atomic E-state index is 0. The summed E-state index contributed by atoms with van der Waals surface area (Å²) >= 11 is 0. The van der Waals surface area contributed by atoms with Crippen LogP contribution in [0.3, 0.4) is 0 Å². The van der Waals surface area contributed by atoms with E-state index in [0.29, 0.717) is 12.5 Å². The second-order valence-electron chi connectivity index (χ2n) is 6.00. The molecular weight excluding hydrogens is 298 g/mol. The van der Waals surface area contributed by atoms with Crippen LogP contribution in [0.1, 0.15) is 50.0 Å². The smallest absolute Gasteiger partial charge is 0.122 e. The van der Waals surface area contributed by atoms with Gasteiger partial charge in [0.1, 0.15) is 5.75 Å². The molecule has 1 N–H and O–H groups in total. The highest BCUT2D eigenvalue weighted by molar-refractivity contribution is 5.85. The number of methoxy groups -OCH3 is 1. The van der Waals surface area contributed by atoms with Crippen LogP contribution in [-0.4, -0.2) is 43.4 Å². The summed E-state index contributed by atoms with van der Waals surface area (Å²) in [6, 6.07) is 8.45. The Hall–Kier alpha value is -0.770. The number of benzene rings is 1. The van der Waals surface area contributed by atoms with Crippen LogP contribution >= 0.6 is 12.4 Å². The maximum absolute atomic E-state index is 8.77. The van der Waals surface area contributed by atoms with Crippen LogP contribution in [0.2, 0.25) is 0 Å². The average Bonchev–Trinajstić information content (AvgIpc) is 2.55. The van der Waals surface area contributed by atoms with Crippen molar-refractivity contribution in [3.8, 4) is 5.75 Å². The van der Waals surface area contributed by atoms with Crippen molar-refractivity contribution in [1.82, 2.24) is 4.90 Å². The Labute approximate surface area is 141 Å². The molecule has 0 unspecified atom stereocenters. The first-order valence-electron chi connectivity index (χ1n) is 8.31. The van der Waals surface area contributed by atoms with Crippen molar-refractivity contribution < 1.29 is 9.84 Å². The first-order valence-corrected chi connectivity index (χ1v) is 8.31. The minimum atomic E-state index is 0. The zero-order chi connectivity index (χ0) is 14.9. The standard InChI is InChI=1S/C18H29NO2.ClH/c1-21-18-9-5-4-8-17(18)16-10-13-19(14-11-16)12-6-2-3-7-15-20;/h4-5,8-9,16,20H,2-3,6-7,10-15H2,1H3;1H. The van der Waals surface area contributed by atoms with Crippen molar-refractivity contribution in [1.29, 1.82) is 0 Å². The van der Waals surface area contributed by atoms with Gasteiger partial charge >= 0.3 is 0 Å². The van der Waals surface area contributed by atoms with Gasteiger partial charge in [0.2, 0.25) is 0 Å². The molecule has 0 aromatic heterocycles. The van der Waals surface area contributed by atoms with Crippen LogP contribution in [0.25, 0.3) is 0 Å². The second-order valence-corrected chi connectivity index (χ2v) is 6.00. The van der Waals surface area contributed by atoms with Crippen LogP contribution in [0.15, 0.2) is 24.3 Å². The molecule has 3 nitrogen and oxygen atoms in total. The molecule has 1 saturated heterocycles. The number of rotatable bonds is 8. The molecule has 1 aromatic rings. The molecule has 0 aliphatic carbocycles. The van der Waals surface area contributed by atoms with E-state index < -0.39 is 0 Å². The summed E-state index contributed by atoms with van der Waals surface area (Å²) < 4.78 is 5.49. The number of piperidine rings is 1. The Balaban J connectivity index is 0.00000242. The quantitative estimate of drug-likeness (QED) is 0.736. The first-order chi connectivity index (χ1) is 10.3. The van der Waals surface area contributed by atoms with Gasteiger partial charge < -0.3 is 14.7 Å². The normalized spacial score (nSPS) is 16.3. The third kappa shape index (κ3) is 5.79. The lowest BCUT2D eigenvalue weighted by Crippen LogP contribution is -2.33. The Kier molecular flexibility index (Phi) is 9.53. The number of para-hydroxylation sites is 1. The number of nitrogens with zero attached hydrogens (tertiary/aromatic N) is 1. The van der Waals surface area contributed by atoms with E-state index in [1.165, 1.54) is 50.9 Å². The van der Waals surface area contributed by atoms with E-state index in [1.807, 2.05) is 6.07 Å². The number of hydrogen-bond donors (Lipinski definition) is 1. The number of ether oxygens (including phenoxy) is 1. The largest absolute Gasteiger partial charge is 0.496 e. The molecule has 0 radical (unpaired) electrons. The SMILES string of the molecule is COc1ccccc1C1CCN(CCCCCCO)CC1.Cl. The molecule has 0 atom stereocenters. The van der Waals surface area contributed by atoms with Gasteiger partial charge in [-0.25, -0.2) is 0 Å². The number of hydrogen-bond acceptors (Lipinski definition) is 3. The van der Waals surface area contributed by atoms with Gasteiger partial charge in [-0.05, 0) is 62.9 Å². The van der Waals surface area contributed by atoms with Crippen LogP contribution in [-0.2, 0) is 0 Å². The zero-order valence-electron chi connectivity index (χ0n) is 13.7. The van der Waals surface area contributed by atoms with Crippen LogP contribution < -0.4 is 4.74 Å². The molecule has 22 heavy (non-hydrogen) atoms. The Morgan fingerprint density at radius 2 is 1.77 bits per heavy atom.